The van der Waals surface area contributed by atoms with Crippen LogP contribution < -0.4 is 15.6 Å². The molecule has 0 heterocycles. The zero-order chi connectivity index (χ0) is 15.3. The minimum atomic E-state index is -1.99. The Labute approximate surface area is 134 Å². The first-order valence-corrected chi connectivity index (χ1v) is 10.0. The van der Waals surface area contributed by atoms with E-state index in [1.807, 2.05) is 0 Å². The van der Waals surface area contributed by atoms with Crippen molar-refractivity contribution in [3.8, 4) is 0 Å². The highest BCUT2D eigenvalue weighted by Gasteiger charge is 2.37. The minimum Gasteiger partial charge on any atom is -0.0624 e. The summed E-state index contributed by atoms with van der Waals surface area (Å²) in [7, 11) is -1.99. The summed E-state index contributed by atoms with van der Waals surface area (Å²) in [5.74, 6) is 0. The Morgan fingerprint density at radius 1 is 0.545 bits per heavy atom. The highest BCUT2D eigenvalue weighted by atomic mass is 28.3. The van der Waals surface area contributed by atoms with Crippen molar-refractivity contribution in [1.82, 2.24) is 0 Å². The third-order valence-electron chi connectivity index (χ3n) is 4.35. The molecule has 0 saturated carbocycles. The summed E-state index contributed by atoms with van der Waals surface area (Å²) >= 11 is 0. The van der Waals surface area contributed by atoms with Gasteiger partial charge >= 0.3 is 0 Å². The number of hydrogen-bond acceptors (Lipinski definition) is 0. The van der Waals surface area contributed by atoms with Gasteiger partial charge in [0.1, 0.15) is 8.07 Å². The lowest BCUT2D eigenvalue weighted by atomic mass is 10.3. The molecule has 0 unspecified atom stereocenters. The third kappa shape index (κ3) is 2.64. The first kappa shape index (κ1) is 14.8. The molecule has 1 radical (unpaired) electrons. The minimum absolute atomic E-state index is 0.949. The molecule has 0 aliphatic carbocycles. The van der Waals surface area contributed by atoms with E-state index in [4.69, 9.17) is 0 Å². The van der Waals surface area contributed by atoms with Crippen molar-refractivity contribution in [2.75, 3.05) is 0 Å². The molecule has 0 nitrogen and oxygen atoms in total. The van der Waals surface area contributed by atoms with Crippen LogP contribution in [0.2, 0.25) is 6.04 Å². The van der Waals surface area contributed by atoms with Crippen molar-refractivity contribution in [3.63, 3.8) is 0 Å². The van der Waals surface area contributed by atoms with Crippen LogP contribution in [0.4, 0.5) is 0 Å². The molecule has 109 valence electrons. The van der Waals surface area contributed by atoms with E-state index in [1.165, 1.54) is 15.6 Å². The topological polar surface area (TPSA) is 0 Å². The zero-order valence-corrected chi connectivity index (χ0v) is 13.8. The molecule has 0 amide bonds. The van der Waals surface area contributed by atoms with Crippen LogP contribution in [0.1, 0.15) is 6.42 Å². The van der Waals surface area contributed by atoms with Crippen molar-refractivity contribution in [3.05, 3.63) is 97.9 Å². The molecule has 0 bridgehead atoms. The number of benzene rings is 3. The second-order valence-electron chi connectivity index (χ2n) is 5.61. The van der Waals surface area contributed by atoms with E-state index in [2.05, 4.69) is 97.9 Å². The summed E-state index contributed by atoms with van der Waals surface area (Å²) in [5, 5.41) is 4.41. The van der Waals surface area contributed by atoms with Gasteiger partial charge in [-0.25, -0.2) is 0 Å². The van der Waals surface area contributed by atoms with Gasteiger partial charge in [-0.2, -0.15) is 0 Å². The van der Waals surface area contributed by atoms with Crippen LogP contribution in [0, 0.1) is 6.92 Å². The smallest absolute Gasteiger partial charge is 0.0624 e. The Kier molecular flexibility index (Phi) is 4.55. The van der Waals surface area contributed by atoms with E-state index in [0.717, 1.165) is 12.5 Å². The molecule has 3 aromatic carbocycles. The average molecular weight is 301 g/mol. The molecule has 0 atom stereocenters. The van der Waals surface area contributed by atoms with Crippen molar-refractivity contribution >= 4 is 23.6 Å². The summed E-state index contributed by atoms with van der Waals surface area (Å²) in [6.07, 6.45) is 0.949. The molecular weight excluding hydrogens is 280 g/mol. The van der Waals surface area contributed by atoms with Crippen LogP contribution in [0.15, 0.2) is 91.0 Å². The Morgan fingerprint density at radius 2 is 0.864 bits per heavy atom. The van der Waals surface area contributed by atoms with E-state index in [9.17, 15) is 0 Å². The van der Waals surface area contributed by atoms with Crippen molar-refractivity contribution in [2.45, 2.75) is 12.5 Å². The normalized spacial score (nSPS) is 11.3. The summed E-state index contributed by atoms with van der Waals surface area (Å²) in [6, 6.07) is 34.1. The molecule has 3 rings (SSSR count). The molecule has 22 heavy (non-hydrogen) atoms. The average Bonchev–Trinajstić information content (AvgIpc) is 2.62. The van der Waals surface area contributed by atoms with Gasteiger partial charge in [-0.05, 0) is 21.6 Å². The lowest BCUT2D eigenvalue weighted by Crippen LogP contribution is -2.66. The van der Waals surface area contributed by atoms with Gasteiger partial charge in [-0.15, -0.1) is 0 Å². The van der Waals surface area contributed by atoms with E-state index < -0.39 is 8.07 Å². The van der Waals surface area contributed by atoms with Crippen LogP contribution in [0.5, 0.6) is 0 Å². The van der Waals surface area contributed by atoms with Gasteiger partial charge in [-0.3, -0.25) is 0 Å². The van der Waals surface area contributed by atoms with E-state index in [1.54, 1.807) is 0 Å². The lowest BCUT2D eigenvalue weighted by Gasteiger charge is -2.33. The third-order valence-corrected chi connectivity index (χ3v) is 9.41. The lowest BCUT2D eigenvalue weighted by molar-refractivity contribution is 1.18. The van der Waals surface area contributed by atoms with Crippen LogP contribution in [0.3, 0.4) is 0 Å². The quantitative estimate of drug-likeness (QED) is 0.500. The Bertz CT molecular complexity index is 593. The van der Waals surface area contributed by atoms with Gasteiger partial charge in [0.05, 0.1) is 0 Å². The van der Waals surface area contributed by atoms with Gasteiger partial charge in [0.2, 0.25) is 0 Å². The van der Waals surface area contributed by atoms with Gasteiger partial charge in [0, 0.05) is 0 Å². The predicted octanol–water partition coefficient (Wildman–Crippen LogP) is 3.38. The summed E-state index contributed by atoms with van der Waals surface area (Å²) in [5.41, 5.74) is 0. The largest absolute Gasteiger partial charge is 0.148 e. The Hall–Kier alpha value is -2.12. The standard InChI is InChI=1S/C21H21Si/c1-2-18-22(19-12-6-3-7-13-19,20-14-8-4-9-15-20)21-16-10-5-11-17-21/h3-17H,1-2,18H2. The van der Waals surface area contributed by atoms with Gasteiger partial charge in [0.15, 0.2) is 0 Å². The second kappa shape index (κ2) is 6.76. The first-order chi connectivity index (χ1) is 10.9. The fourth-order valence-corrected chi connectivity index (χ4v) is 8.05. The maximum absolute atomic E-state index is 4.18. The Morgan fingerprint density at radius 3 is 1.14 bits per heavy atom. The van der Waals surface area contributed by atoms with Gasteiger partial charge in [0.25, 0.3) is 0 Å². The maximum atomic E-state index is 4.18. The van der Waals surface area contributed by atoms with Crippen LogP contribution in [-0.4, -0.2) is 8.07 Å². The van der Waals surface area contributed by atoms with Crippen molar-refractivity contribution in [2.24, 2.45) is 0 Å². The monoisotopic (exact) mass is 301 g/mol. The summed E-state index contributed by atoms with van der Waals surface area (Å²) < 4.78 is 0. The van der Waals surface area contributed by atoms with E-state index in [0.29, 0.717) is 0 Å². The fourth-order valence-electron chi connectivity index (χ4n) is 3.37. The highest BCUT2D eigenvalue weighted by Crippen LogP contribution is 2.14. The molecule has 0 fully saturated rings. The predicted molar refractivity (Wildman–Crippen MR) is 98.8 cm³/mol. The summed E-state index contributed by atoms with van der Waals surface area (Å²) in [4.78, 5) is 0. The Balaban J connectivity index is 2.29. The van der Waals surface area contributed by atoms with Crippen LogP contribution >= 0.6 is 0 Å². The SMILES string of the molecule is [CH2]CC[Si](c1ccccc1)(c1ccccc1)c1ccccc1. The first-order valence-electron chi connectivity index (χ1n) is 7.84. The molecular formula is C21H21Si. The highest BCUT2D eigenvalue weighted by molar-refractivity contribution is 7.11. The molecule has 0 spiro atoms. The number of rotatable bonds is 5. The molecule has 0 aliphatic rings. The van der Waals surface area contributed by atoms with Crippen molar-refractivity contribution < 1.29 is 0 Å². The van der Waals surface area contributed by atoms with Gasteiger partial charge in [-0.1, -0.05) is 104 Å². The zero-order valence-electron chi connectivity index (χ0n) is 12.8. The molecule has 0 saturated heterocycles. The maximum Gasteiger partial charge on any atom is 0.148 e. The summed E-state index contributed by atoms with van der Waals surface area (Å²) in [6.45, 7) is 4.18. The van der Waals surface area contributed by atoms with Crippen LogP contribution in [0.25, 0.3) is 0 Å². The van der Waals surface area contributed by atoms with Gasteiger partial charge < -0.3 is 0 Å². The number of hydrogen-bond donors (Lipinski definition) is 0. The van der Waals surface area contributed by atoms with Crippen molar-refractivity contribution in [1.29, 1.82) is 0 Å². The molecule has 1 heteroatoms. The molecule has 0 aromatic heterocycles. The second-order valence-corrected chi connectivity index (χ2v) is 9.65. The van der Waals surface area contributed by atoms with Crippen LogP contribution in [-0.2, 0) is 0 Å². The molecule has 0 N–H and O–H groups in total. The molecule has 3 aromatic rings. The van der Waals surface area contributed by atoms with E-state index in [-0.39, 0.29) is 0 Å². The fraction of sp³-hybridized carbons (Fsp3) is 0.0952. The van der Waals surface area contributed by atoms with E-state index >= 15 is 0 Å². The molecule has 0 aliphatic heterocycles.